The molecule has 0 bridgehead atoms. The second kappa shape index (κ2) is 27.1. The van der Waals surface area contributed by atoms with E-state index in [0.29, 0.717) is 78.3 Å². The van der Waals surface area contributed by atoms with Crippen LogP contribution in [0.15, 0.2) is 103 Å². The molecule has 19 heteroatoms. The van der Waals surface area contributed by atoms with E-state index in [-0.39, 0.29) is 78.5 Å². The van der Waals surface area contributed by atoms with Crippen molar-refractivity contribution >= 4 is 52.4 Å². The van der Waals surface area contributed by atoms with E-state index in [9.17, 15) is 33.9 Å². The molecule has 1 saturated carbocycles. The van der Waals surface area contributed by atoms with Gasteiger partial charge in [0.1, 0.15) is 31.5 Å². The predicted octanol–water partition coefficient (Wildman–Crippen LogP) is 5.47. The van der Waals surface area contributed by atoms with Gasteiger partial charge in [0.25, 0.3) is 5.91 Å². The summed E-state index contributed by atoms with van der Waals surface area (Å²) in [6, 6.07) is 16.8. The zero-order valence-corrected chi connectivity index (χ0v) is 43.8. The molecule has 3 aromatic carbocycles. The van der Waals surface area contributed by atoms with E-state index < -0.39 is 42.9 Å². The van der Waals surface area contributed by atoms with Crippen LogP contribution in [-0.4, -0.2) is 99.3 Å². The number of hydrogen-bond donors (Lipinski definition) is 8. The quantitative estimate of drug-likeness (QED) is 0.0460. The normalized spacial score (nSPS) is 20.3. The van der Waals surface area contributed by atoms with Gasteiger partial charge in [0.05, 0.1) is 49.8 Å². The average Bonchev–Trinajstić information content (AvgIpc) is 3.76. The Labute approximate surface area is 438 Å². The number of rotatable bonds is 22. The second-order valence-corrected chi connectivity index (χ2v) is 19.2. The van der Waals surface area contributed by atoms with Gasteiger partial charge in [-0.15, -0.1) is 0 Å². The number of fused-ring (bicyclic) bond motifs is 2. The number of benzene rings is 3. The minimum absolute atomic E-state index is 0.0307. The van der Waals surface area contributed by atoms with E-state index in [2.05, 4.69) is 67.4 Å². The van der Waals surface area contributed by atoms with Gasteiger partial charge in [0.2, 0.25) is 23.6 Å². The van der Waals surface area contributed by atoms with Crippen molar-refractivity contribution in [2.45, 2.75) is 97.9 Å². The van der Waals surface area contributed by atoms with E-state index in [1.165, 1.54) is 18.7 Å². The number of para-hydroxylation sites is 1. The SMILES string of the molecule is C=C1/C=C\C(C)CC(O)Nc2cc(OCc3cc(CO/C(C)=C/C(=C)NC[C@@H]4Cc5ccccc5N4C(C)OC)cc(NC(=O)CNC(=O)CNC(=O)CNC(=O)C4CCC(C(C)=O)CC4)c3)c(OC)cc2C(=O)N1. The standard InChI is InChI=1S/C56H72N8O11/c1-33-13-14-34(2)61-56(71)46-25-49(73-8)50(26-47(46)63-51(66)19-33)75-32-40-21-39(31-74-36(4)20-35(3)57-27-45-24-43-11-9-10-12-48(43)64(45)38(6)72-7)22-44(23-40)62-54(69)30-59-52(67)28-58-53(68)29-60-55(70)42-17-15-41(16-18-42)37(5)65/h9-14,20-23,25-26,33,38,41-42,45,51,57,63,66H,2-3,15-19,24,27-32H2,1,4-8H3,(H,58,68)(H,59,67)(H,60,70)(H,61,71)(H,62,69)/b14-13-,36-20+/t33?,38?,41?,42?,45-,51?/m0/s1. The summed E-state index contributed by atoms with van der Waals surface area (Å²) in [5.41, 5.74) is 5.56. The van der Waals surface area contributed by atoms with E-state index >= 15 is 0 Å². The number of aliphatic hydroxyl groups is 1. The summed E-state index contributed by atoms with van der Waals surface area (Å²) in [4.78, 5) is 78.4. The van der Waals surface area contributed by atoms with Crippen LogP contribution in [0, 0.1) is 17.8 Å². The van der Waals surface area contributed by atoms with Crippen LogP contribution in [0.5, 0.6) is 11.5 Å². The number of hydrogen-bond acceptors (Lipinski definition) is 14. The molecule has 19 nitrogen and oxygen atoms in total. The lowest BCUT2D eigenvalue weighted by molar-refractivity contribution is -0.131. The highest BCUT2D eigenvalue weighted by Gasteiger charge is 2.33. The highest BCUT2D eigenvalue weighted by Crippen LogP contribution is 2.37. The molecule has 0 spiro atoms. The third-order valence-electron chi connectivity index (χ3n) is 13.3. The molecular formula is C56H72N8O11. The minimum atomic E-state index is -1.00. The Morgan fingerprint density at radius 1 is 0.867 bits per heavy atom. The molecule has 75 heavy (non-hydrogen) atoms. The Bertz CT molecular complexity index is 2660. The van der Waals surface area contributed by atoms with Crippen molar-refractivity contribution in [2.75, 3.05) is 55.9 Å². The fraction of sp³-hybridized carbons (Fsp3) is 0.429. The van der Waals surface area contributed by atoms with Crippen LogP contribution in [-0.2, 0) is 53.1 Å². The molecule has 0 aromatic heterocycles. The van der Waals surface area contributed by atoms with Crippen molar-refractivity contribution in [3.8, 4) is 11.5 Å². The number of ether oxygens (including phenoxy) is 4. The first-order valence-corrected chi connectivity index (χ1v) is 25.2. The molecule has 402 valence electrons. The smallest absolute Gasteiger partial charge is 0.257 e. The molecule has 1 fully saturated rings. The summed E-state index contributed by atoms with van der Waals surface area (Å²) < 4.78 is 23.9. The van der Waals surface area contributed by atoms with Crippen molar-refractivity contribution < 1.29 is 52.8 Å². The molecule has 3 unspecified atom stereocenters. The van der Waals surface area contributed by atoms with Crippen LogP contribution in [0.25, 0.3) is 0 Å². The van der Waals surface area contributed by atoms with Crippen LogP contribution >= 0.6 is 0 Å². The summed E-state index contributed by atoms with van der Waals surface area (Å²) in [5, 5.41) is 30.5. The number of ketones is 1. The lowest BCUT2D eigenvalue weighted by Crippen LogP contribution is -2.45. The van der Waals surface area contributed by atoms with Gasteiger partial charge in [0, 0.05) is 54.3 Å². The first-order chi connectivity index (χ1) is 35.9. The fourth-order valence-electron chi connectivity index (χ4n) is 9.31. The summed E-state index contributed by atoms with van der Waals surface area (Å²) in [6.45, 7) is 15.0. The molecule has 6 rings (SSSR count). The van der Waals surface area contributed by atoms with Crippen LogP contribution in [0.4, 0.5) is 17.1 Å². The number of Topliss-reactive ketones (excluding diaryl/α,β-unsaturated/α-hetero) is 1. The number of nitrogens with one attached hydrogen (secondary N) is 7. The van der Waals surface area contributed by atoms with Gasteiger partial charge < -0.3 is 66.2 Å². The molecule has 5 amide bonds. The molecule has 8 N–H and O–H groups in total. The molecule has 0 saturated heterocycles. The van der Waals surface area contributed by atoms with Crippen molar-refractivity contribution in [2.24, 2.45) is 17.8 Å². The molecule has 3 aliphatic rings. The van der Waals surface area contributed by atoms with Crippen LogP contribution in [0.2, 0.25) is 0 Å². The van der Waals surface area contributed by atoms with Gasteiger partial charge in [-0.25, -0.2) is 0 Å². The van der Waals surface area contributed by atoms with E-state index in [1.807, 2.05) is 51.1 Å². The lowest BCUT2D eigenvalue weighted by Gasteiger charge is -2.32. The Morgan fingerprint density at radius 2 is 1.53 bits per heavy atom. The molecule has 3 aromatic rings. The van der Waals surface area contributed by atoms with Gasteiger partial charge in [-0.3, -0.25) is 28.8 Å². The molecule has 4 atom stereocenters. The van der Waals surface area contributed by atoms with E-state index in [4.69, 9.17) is 18.9 Å². The fourth-order valence-corrected chi connectivity index (χ4v) is 9.31. The van der Waals surface area contributed by atoms with E-state index in [1.54, 1.807) is 38.3 Å². The van der Waals surface area contributed by atoms with Crippen molar-refractivity contribution in [1.82, 2.24) is 26.6 Å². The minimum Gasteiger partial charge on any atom is -0.493 e. The monoisotopic (exact) mass is 1030 g/mol. The van der Waals surface area contributed by atoms with Gasteiger partial charge in [-0.1, -0.05) is 44.4 Å². The third-order valence-corrected chi connectivity index (χ3v) is 13.3. The highest BCUT2D eigenvalue weighted by molar-refractivity contribution is 6.01. The Morgan fingerprint density at radius 3 is 2.23 bits per heavy atom. The number of anilines is 3. The predicted molar refractivity (Wildman–Crippen MR) is 285 cm³/mol. The number of aliphatic hydroxyl groups excluding tert-OH is 1. The molecule has 2 heterocycles. The first kappa shape index (κ1) is 56.7. The van der Waals surface area contributed by atoms with E-state index in [0.717, 1.165) is 12.1 Å². The molecular weight excluding hydrogens is 961 g/mol. The maximum absolute atomic E-state index is 13.4. The number of amides is 5. The largest absolute Gasteiger partial charge is 0.493 e. The molecule has 1 aliphatic carbocycles. The van der Waals surface area contributed by atoms with Crippen molar-refractivity contribution in [3.63, 3.8) is 0 Å². The summed E-state index contributed by atoms with van der Waals surface area (Å²) in [7, 11) is 3.14. The summed E-state index contributed by atoms with van der Waals surface area (Å²) in [5.74, 6) is -1.65. The number of allylic oxidation sites excluding steroid dienone is 4. The maximum atomic E-state index is 13.4. The summed E-state index contributed by atoms with van der Waals surface area (Å²) >= 11 is 0. The van der Waals surface area contributed by atoms with Gasteiger partial charge in [-0.05, 0) is 124 Å². The Balaban J connectivity index is 1.10. The van der Waals surface area contributed by atoms with Crippen molar-refractivity contribution in [1.29, 1.82) is 0 Å². The summed E-state index contributed by atoms with van der Waals surface area (Å²) in [6.07, 6.45) is 7.84. The molecule has 2 aliphatic heterocycles. The van der Waals surface area contributed by atoms with Crippen LogP contribution < -0.4 is 51.6 Å². The number of carbonyl (C=O) groups is 6. The number of carbonyl (C=O) groups excluding carboxylic acids is 6. The third kappa shape index (κ3) is 16.7. The number of methoxy groups -OCH3 is 2. The van der Waals surface area contributed by atoms with Gasteiger partial charge >= 0.3 is 0 Å². The zero-order chi connectivity index (χ0) is 54.2. The molecule has 0 radical (unpaired) electrons. The Hall–Kier alpha value is -7.64. The highest BCUT2D eigenvalue weighted by atomic mass is 16.5. The van der Waals surface area contributed by atoms with Crippen LogP contribution in [0.3, 0.4) is 0 Å². The van der Waals surface area contributed by atoms with Crippen LogP contribution in [0.1, 0.15) is 86.8 Å². The second-order valence-electron chi connectivity index (χ2n) is 19.2. The van der Waals surface area contributed by atoms with Crippen molar-refractivity contribution in [3.05, 3.63) is 125 Å². The lowest BCUT2D eigenvalue weighted by atomic mass is 9.80. The first-order valence-electron chi connectivity index (χ1n) is 25.2. The average molecular weight is 1030 g/mol. The Kier molecular flexibility index (Phi) is 20.4. The van der Waals surface area contributed by atoms with Gasteiger partial charge in [0.15, 0.2) is 11.5 Å². The van der Waals surface area contributed by atoms with Gasteiger partial charge in [-0.2, -0.15) is 0 Å². The topological polar surface area (TPSA) is 247 Å². The maximum Gasteiger partial charge on any atom is 0.257 e. The zero-order valence-electron chi connectivity index (χ0n) is 43.8. The number of nitrogens with zero attached hydrogens (tertiary/aromatic N) is 1.